The highest BCUT2D eigenvalue weighted by atomic mass is 32.2. The fraction of sp³-hybridized carbons (Fsp3) is 0.538. The largest absolute Gasteiger partial charge is 0.310 e. The van der Waals surface area contributed by atoms with Crippen molar-refractivity contribution in [2.24, 2.45) is 0 Å². The molecule has 0 aliphatic rings. The fourth-order valence-electron chi connectivity index (χ4n) is 1.52. The molecule has 90 valence electrons. The molecule has 0 bridgehead atoms. The molecule has 0 heterocycles. The average Bonchev–Trinajstić information content (AvgIpc) is 2.30. The van der Waals surface area contributed by atoms with Crippen LogP contribution in [-0.2, 0) is 0 Å². The summed E-state index contributed by atoms with van der Waals surface area (Å²) in [5.74, 6) is 0.860. The molecule has 0 aliphatic carbocycles. The van der Waals surface area contributed by atoms with Gasteiger partial charge in [-0.15, -0.1) is 11.8 Å². The summed E-state index contributed by atoms with van der Waals surface area (Å²) in [6, 6.07) is 8.92. The first-order valence-electron chi connectivity index (χ1n) is 5.80. The minimum Gasteiger partial charge on any atom is -0.310 e. The van der Waals surface area contributed by atoms with Gasteiger partial charge in [0.2, 0.25) is 0 Å². The summed E-state index contributed by atoms with van der Waals surface area (Å²) in [4.78, 5) is 1.22. The highest BCUT2D eigenvalue weighted by Gasteiger charge is 2.02. The molecule has 1 N–H and O–H groups in total. The normalized spacial score (nSPS) is 12.7. The molecule has 16 heavy (non-hydrogen) atoms. The molecule has 0 amide bonds. The van der Waals surface area contributed by atoms with E-state index in [1.165, 1.54) is 10.5 Å². The van der Waals surface area contributed by atoms with Crippen molar-refractivity contribution in [3.8, 4) is 0 Å². The quantitative estimate of drug-likeness (QED) is 0.575. The minimum absolute atomic E-state index is 0.220. The van der Waals surface area contributed by atoms with Crippen molar-refractivity contribution in [3.63, 3.8) is 0 Å². The van der Waals surface area contributed by atoms with Crippen molar-refractivity contribution in [2.45, 2.75) is 31.2 Å². The van der Waals surface area contributed by atoms with E-state index in [1.807, 2.05) is 0 Å². The van der Waals surface area contributed by atoms with E-state index in [2.05, 4.69) is 43.4 Å². The van der Waals surface area contributed by atoms with Gasteiger partial charge in [0.1, 0.15) is 0 Å². The Hall–Kier alpha value is -0.540. The summed E-state index contributed by atoms with van der Waals surface area (Å²) in [6.07, 6.45) is 0.639. The van der Waals surface area contributed by atoms with Crippen LogP contribution in [0.5, 0.6) is 0 Å². The SMILES string of the molecule is CCNC(C)c1ccc(SCCCF)cc1. The van der Waals surface area contributed by atoms with E-state index in [1.54, 1.807) is 11.8 Å². The van der Waals surface area contributed by atoms with Crippen LogP contribution in [0.25, 0.3) is 0 Å². The van der Waals surface area contributed by atoms with Gasteiger partial charge < -0.3 is 5.32 Å². The molecule has 1 nitrogen and oxygen atoms in total. The molecule has 0 spiro atoms. The van der Waals surface area contributed by atoms with Crippen LogP contribution in [0, 0.1) is 0 Å². The van der Waals surface area contributed by atoms with Crippen LogP contribution in [0.4, 0.5) is 4.39 Å². The Morgan fingerprint density at radius 2 is 2.00 bits per heavy atom. The van der Waals surface area contributed by atoms with Crippen molar-refractivity contribution in [1.82, 2.24) is 5.32 Å². The maximum Gasteiger partial charge on any atom is 0.0902 e. The molecule has 3 heteroatoms. The summed E-state index contributed by atoms with van der Waals surface area (Å²) in [5.41, 5.74) is 1.30. The summed E-state index contributed by atoms with van der Waals surface area (Å²) >= 11 is 1.72. The van der Waals surface area contributed by atoms with Gasteiger partial charge in [0.25, 0.3) is 0 Å². The fourth-order valence-corrected chi connectivity index (χ4v) is 2.34. The van der Waals surface area contributed by atoms with Crippen molar-refractivity contribution < 1.29 is 4.39 Å². The summed E-state index contributed by atoms with van der Waals surface area (Å²) in [7, 11) is 0. The molecule has 0 saturated carbocycles. The Morgan fingerprint density at radius 3 is 2.56 bits per heavy atom. The molecule has 0 aromatic heterocycles. The zero-order valence-electron chi connectivity index (χ0n) is 10.0. The van der Waals surface area contributed by atoms with E-state index >= 15 is 0 Å². The first-order chi connectivity index (χ1) is 7.77. The van der Waals surface area contributed by atoms with Gasteiger partial charge in [0, 0.05) is 16.7 Å². The number of thioether (sulfide) groups is 1. The topological polar surface area (TPSA) is 12.0 Å². The first kappa shape index (κ1) is 13.5. The third-order valence-electron chi connectivity index (χ3n) is 2.44. The van der Waals surface area contributed by atoms with Gasteiger partial charge in [-0.05, 0) is 37.6 Å². The number of halogens is 1. The van der Waals surface area contributed by atoms with E-state index in [0.29, 0.717) is 12.5 Å². The molecule has 0 saturated heterocycles. The Morgan fingerprint density at radius 1 is 1.31 bits per heavy atom. The van der Waals surface area contributed by atoms with E-state index in [9.17, 15) is 4.39 Å². The van der Waals surface area contributed by atoms with Crippen LogP contribution in [-0.4, -0.2) is 19.0 Å². The van der Waals surface area contributed by atoms with E-state index in [4.69, 9.17) is 0 Å². The number of rotatable bonds is 7. The molecular formula is C13H20FNS. The second-order valence-corrected chi connectivity index (χ2v) is 4.91. The lowest BCUT2D eigenvalue weighted by molar-refractivity contribution is 0.489. The molecular weight excluding hydrogens is 221 g/mol. The van der Waals surface area contributed by atoms with Gasteiger partial charge in [-0.25, -0.2) is 0 Å². The lowest BCUT2D eigenvalue weighted by atomic mass is 10.1. The van der Waals surface area contributed by atoms with Crippen LogP contribution in [0.15, 0.2) is 29.2 Å². The van der Waals surface area contributed by atoms with Gasteiger partial charge in [0.05, 0.1) is 6.67 Å². The molecule has 0 radical (unpaired) electrons. The van der Waals surface area contributed by atoms with Gasteiger partial charge in [0.15, 0.2) is 0 Å². The number of benzene rings is 1. The van der Waals surface area contributed by atoms with Gasteiger partial charge in [-0.3, -0.25) is 4.39 Å². The summed E-state index contributed by atoms with van der Waals surface area (Å²) < 4.78 is 11.9. The molecule has 0 aliphatic heterocycles. The zero-order chi connectivity index (χ0) is 11.8. The van der Waals surface area contributed by atoms with E-state index in [-0.39, 0.29) is 6.67 Å². The van der Waals surface area contributed by atoms with Crippen molar-refractivity contribution in [3.05, 3.63) is 29.8 Å². The zero-order valence-corrected chi connectivity index (χ0v) is 10.8. The van der Waals surface area contributed by atoms with E-state index in [0.717, 1.165) is 12.3 Å². The third kappa shape index (κ3) is 4.54. The molecule has 1 unspecified atom stereocenters. The third-order valence-corrected chi connectivity index (χ3v) is 3.54. The highest BCUT2D eigenvalue weighted by molar-refractivity contribution is 7.99. The Bertz CT molecular complexity index is 286. The standard InChI is InChI=1S/C13H20FNS/c1-3-15-11(2)12-5-7-13(8-6-12)16-10-4-9-14/h5-8,11,15H,3-4,9-10H2,1-2H3. The van der Waals surface area contributed by atoms with Crippen LogP contribution >= 0.6 is 11.8 Å². The molecule has 1 aromatic rings. The molecule has 1 aromatic carbocycles. The number of nitrogens with one attached hydrogen (secondary N) is 1. The van der Waals surface area contributed by atoms with Crippen LogP contribution in [0.3, 0.4) is 0 Å². The predicted molar refractivity (Wildman–Crippen MR) is 69.8 cm³/mol. The lowest BCUT2D eigenvalue weighted by Gasteiger charge is -2.12. The van der Waals surface area contributed by atoms with Crippen LogP contribution < -0.4 is 5.32 Å². The predicted octanol–water partition coefficient (Wildman–Crippen LogP) is 3.81. The minimum atomic E-state index is -0.220. The Kier molecular flexibility index (Phi) is 6.50. The van der Waals surface area contributed by atoms with Gasteiger partial charge in [-0.2, -0.15) is 0 Å². The molecule has 1 rings (SSSR count). The van der Waals surface area contributed by atoms with Crippen molar-refractivity contribution in [1.29, 1.82) is 0 Å². The average molecular weight is 241 g/mol. The first-order valence-corrected chi connectivity index (χ1v) is 6.78. The Labute approximate surface area is 102 Å². The number of hydrogen-bond donors (Lipinski definition) is 1. The number of hydrogen-bond acceptors (Lipinski definition) is 2. The Balaban J connectivity index is 2.47. The maximum absolute atomic E-state index is 11.9. The number of alkyl halides is 1. The van der Waals surface area contributed by atoms with Gasteiger partial charge in [-0.1, -0.05) is 19.1 Å². The lowest BCUT2D eigenvalue weighted by Crippen LogP contribution is -2.17. The van der Waals surface area contributed by atoms with E-state index < -0.39 is 0 Å². The smallest absolute Gasteiger partial charge is 0.0902 e. The maximum atomic E-state index is 11.9. The molecule has 0 fully saturated rings. The van der Waals surface area contributed by atoms with Crippen molar-refractivity contribution >= 4 is 11.8 Å². The monoisotopic (exact) mass is 241 g/mol. The second-order valence-electron chi connectivity index (χ2n) is 3.74. The van der Waals surface area contributed by atoms with Crippen LogP contribution in [0.1, 0.15) is 31.9 Å². The van der Waals surface area contributed by atoms with Gasteiger partial charge >= 0.3 is 0 Å². The van der Waals surface area contributed by atoms with Crippen molar-refractivity contribution in [2.75, 3.05) is 19.0 Å². The second kappa shape index (κ2) is 7.69. The summed E-state index contributed by atoms with van der Waals surface area (Å²) in [5, 5.41) is 3.38. The van der Waals surface area contributed by atoms with Crippen LogP contribution in [0.2, 0.25) is 0 Å². The molecule has 1 atom stereocenters. The summed E-state index contributed by atoms with van der Waals surface area (Å²) in [6.45, 7) is 5.03. The highest BCUT2D eigenvalue weighted by Crippen LogP contribution is 2.21.